The van der Waals surface area contributed by atoms with Crippen molar-refractivity contribution in [2.24, 2.45) is 11.8 Å². The van der Waals surface area contributed by atoms with Crippen LogP contribution in [0.4, 0.5) is 0 Å². The molecule has 2 saturated carbocycles. The van der Waals surface area contributed by atoms with E-state index in [-0.39, 0.29) is 0 Å². The number of fused-ring (bicyclic) bond motifs is 1. The molecule has 4 atom stereocenters. The zero-order valence-corrected chi connectivity index (χ0v) is 11.4. The monoisotopic (exact) mass is 247 g/mol. The molecule has 18 heavy (non-hydrogen) atoms. The molecule has 1 heterocycles. The molecule has 1 aromatic heterocycles. The molecular formula is C15H25N3. The van der Waals surface area contributed by atoms with Crippen molar-refractivity contribution >= 4 is 0 Å². The smallest absolute Gasteiger partial charge is 0.0534 e. The Morgan fingerprint density at radius 2 is 2.06 bits per heavy atom. The van der Waals surface area contributed by atoms with Crippen molar-refractivity contribution in [3.63, 3.8) is 0 Å². The van der Waals surface area contributed by atoms with E-state index in [2.05, 4.69) is 22.4 Å². The second-order valence-electron chi connectivity index (χ2n) is 6.23. The van der Waals surface area contributed by atoms with Gasteiger partial charge in [-0.1, -0.05) is 25.7 Å². The second-order valence-corrected chi connectivity index (χ2v) is 6.23. The van der Waals surface area contributed by atoms with Gasteiger partial charge in [0.15, 0.2) is 0 Å². The Hall–Kier alpha value is -0.830. The van der Waals surface area contributed by atoms with Crippen LogP contribution in [0.3, 0.4) is 0 Å². The predicted molar refractivity (Wildman–Crippen MR) is 73.2 cm³/mol. The lowest BCUT2D eigenvalue weighted by Gasteiger charge is -2.40. The SMILES string of the molecule is CC(NC1CCC2CCCCC2C1)c1cn[nH]c1. The molecule has 0 radical (unpaired) electrons. The highest BCUT2D eigenvalue weighted by molar-refractivity contribution is 5.08. The maximum Gasteiger partial charge on any atom is 0.0534 e. The Balaban J connectivity index is 1.54. The lowest BCUT2D eigenvalue weighted by molar-refractivity contribution is 0.139. The lowest BCUT2D eigenvalue weighted by atomic mass is 9.69. The molecule has 2 N–H and O–H groups in total. The minimum Gasteiger partial charge on any atom is -0.307 e. The van der Waals surface area contributed by atoms with Gasteiger partial charge in [0.1, 0.15) is 0 Å². The minimum atomic E-state index is 0.425. The molecule has 2 aliphatic rings. The number of aromatic amines is 1. The summed E-state index contributed by atoms with van der Waals surface area (Å²) >= 11 is 0. The van der Waals surface area contributed by atoms with Gasteiger partial charge in [-0.2, -0.15) is 5.10 Å². The molecule has 3 rings (SSSR count). The molecule has 3 nitrogen and oxygen atoms in total. The molecule has 100 valence electrons. The quantitative estimate of drug-likeness (QED) is 0.859. The minimum absolute atomic E-state index is 0.425. The van der Waals surface area contributed by atoms with Gasteiger partial charge < -0.3 is 5.32 Å². The van der Waals surface area contributed by atoms with E-state index in [1.165, 1.54) is 50.5 Å². The van der Waals surface area contributed by atoms with Crippen LogP contribution in [0.5, 0.6) is 0 Å². The van der Waals surface area contributed by atoms with E-state index in [0.29, 0.717) is 12.1 Å². The fourth-order valence-corrected chi connectivity index (χ4v) is 3.97. The highest BCUT2D eigenvalue weighted by Gasteiger charge is 2.32. The molecule has 0 saturated heterocycles. The Labute approximate surface area is 110 Å². The van der Waals surface area contributed by atoms with Gasteiger partial charge in [-0.05, 0) is 38.0 Å². The van der Waals surface area contributed by atoms with Gasteiger partial charge >= 0.3 is 0 Å². The van der Waals surface area contributed by atoms with Crippen molar-refractivity contribution in [3.8, 4) is 0 Å². The predicted octanol–water partition coefficient (Wildman–Crippen LogP) is 3.42. The van der Waals surface area contributed by atoms with Gasteiger partial charge in [0.2, 0.25) is 0 Å². The van der Waals surface area contributed by atoms with Crippen LogP contribution in [-0.4, -0.2) is 16.2 Å². The van der Waals surface area contributed by atoms with E-state index in [0.717, 1.165) is 11.8 Å². The molecule has 2 aliphatic carbocycles. The molecule has 0 spiro atoms. The molecule has 0 amide bonds. The summed E-state index contributed by atoms with van der Waals surface area (Å²) in [5.74, 6) is 2.04. The normalized spacial score (nSPS) is 33.9. The van der Waals surface area contributed by atoms with Crippen molar-refractivity contribution in [2.75, 3.05) is 0 Å². The fraction of sp³-hybridized carbons (Fsp3) is 0.800. The van der Waals surface area contributed by atoms with Crippen LogP contribution in [-0.2, 0) is 0 Å². The van der Waals surface area contributed by atoms with E-state index in [9.17, 15) is 0 Å². The van der Waals surface area contributed by atoms with Crippen LogP contribution in [0.1, 0.15) is 63.5 Å². The Morgan fingerprint density at radius 1 is 1.22 bits per heavy atom. The van der Waals surface area contributed by atoms with Gasteiger partial charge in [0.25, 0.3) is 0 Å². The summed E-state index contributed by atoms with van der Waals surface area (Å²) < 4.78 is 0. The molecule has 3 heteroatoms. The highest BCUT2D eigenvalue weighted by atomic mass is 15.1. The molecule has 0 aliphatic heterocycles. The van der Waals surface area contributed by atoms with Crippen molar-refractivity contribution < 1.29 is 0 Å². The number of rotatable bonds is 3. The third-order valence-corrected chi connectivity index (χ3v) is 5.04. The fourth-order valence-electron chi connectivity index (χ4n) is 3.97. The van der Waals surface area contributed by atoms with Gasteiger partial charge in [0.05, 0.1) is 6.20 Å². The summed E-state index contributed by atoms with van der Waals surface area (Å²) in [5.41, 5.74) is 1.28. The first-order valence-corrected chi connectivity index (χ1v) is 7.57. The average molecular weight is 247 g/mol. The van der Waals surface area contributed by atoms with E-state index in [4.69, 9.17) is 0 Å². The lowest BCUT2D eigenvalue weighted by Crippen LogP contribution is -2.39. The van der Waals surface area contributed by atoms with Crippen LogP contribution >= 0.6 is 0 Å². The Morgan fingerprint density at radius 3 is 2.83 bits per heavy atom. The average Bonchev–Trinajstić information content (AvgIpc) is 2.92. The summed E-state index contributed by atoms with van der Waals surface area (Å²) in [4.78, 5) is 0. The van der Waals surface area contributed by atoms with Crippen LogP contribution in [0.2, 0.25) is 0 Å². The maximum atomic E-state index is 4.04. The Bertz CT molecular complexity index is 360. The number of nitrogens with one attached hydrogen (secondary N) is 2. The number of aromatic nitrogens is 2. The molecule has 0 aromatic carbocycles. The Kier molecular flexibility index (Phi) is 3.69. The summed E-state index contributed by atoms with van der Waals surface area (Å²) in [5, 5.41) is 10.7. The first-order chi connectivity index (χ1) is 8.83. The highest BCUT2D eigenvalue weighted by Crippen LogP contribution is 2.40. The summed E-state index contributed by atoms with van der Waals surface area (Å²) in [6.07, 6.45) is 14.1. The van der Waals surface area contributed by atoms with Crippen LogP contribution in [0, 0.1) is 11.8 Å². The van der Waals surface area contributed by atoms with E-state index in [1.807, 2.05) is 12.4 Å². The standard InChI is InChI=1S/C15H25N3/c1-11(14-9-16-17-10-14)18-15-7-6-12-4-2-3-5-13(12)8-15/h9-13,15,18H,2-8H2,1H3,(H,16,17). The zero-order chi connectivity index (χ0) is 12.4. The molecule has 2 fully saturated rings. The third-order valence-electron chi connectivity index (χ3n) is 5.04. The van der Waals surface area contributed by atoms with Crippen LogP contribution in [0.15, 0.2) is 12.4 Å². The third kappa shape index (κ3) is 2.61. The first kappa shape index (κ1) is 12.2. The molecular weight excluding hydrogens is 222 g/mol. The van der Waals surface area contributed by atoms with Crippen LogP contribution < -0.4 is 5.32 Å². The number of nitrogens with zero attached hydrogens (tertiary/aromatic N) is 1. The van der Waals surface area contributed by atoms with Gasteiger partial charge in [-0.25, -0.2) is 0 Å². The number of hydrogen-bond donors (Lipinski definition) is 2. The van der Waals surface area contributed by atoms with Gasteiger partial charge in [-0.15, -0.1) is 0 Å². The van der Waals surface area contributed by atoms with Gasteiger partial charge in [0, 0.05) is 23.8 Å². The van der Waals surface area contributed by atoms with Crippen LogP contribution in [0.25, 0.3) is 0 Å². The summed E-state index contributed by atoms with van der Waals surface area (Å²) in [6.45, 7) is 2.25. The molecule has 0 bridgehead atoms. The van der Waals surface area contributed by atoms with E-state index >= 15 is 0 Å². The number of hydrogen-bond acceptors (Lipinski definition) is 2. The summed E-state index contributed by atoms with van der Waals surface area (Å²) in [7, 11) is 0. The zero-order valence-electron chi connectivity index (χ0n) is 11.4. The van der Waals surface area contributed by atoms with Crippen molar-refractivity contribution in [1.82, 2.24) is 15.5 Å². The second kappa shape index (κ2) is 5.43. The number of H-pyrrole nitrogens is 1. The molecule has 4 unspecified atom stereocenters. The maximum absolute atomic E-state index is 4.04. The summed E-state index contributed by atoms with van der Waals surface area (Å²) in [6, 6.07) is 1.14. The first-order valence-electron chi connectivity index (χ1n) is 7.57. The van der Waals surface area contributed by atoms with Gasteiger partial charge in [-0.3, -0.25) is 5.10 Å². The molecule has 1 aromatic rings. The van der Waals surface area contributed by atoms with Crippen molar-refractivity contribution in [2.45, 2.75) is 64.0 Å². The van der Waals surface area contributed by atoms with E-state index < -0.39 is 0 Å². The van der Waals surface area contributed by atoms with Crippen molar-refractivity contribution in [1.29, 1.82) is 0 Å². The van der Waals surface area contributed by atoms with E-state index in [1.54, 1.807) is 0 Å². The largest absolute Gasteiger partial charge is 0.307 e. The topological polar surface area (TPSA) is 40.7 Å². The van der Waals surface area contributed by atoms with Crippen molar-refractivity contribution in [3.05, 3.63) is 18.0 Å².